The molecule has 5 nitrogen and oxygen atoms in total. The second-order valence-corrected chi connectivity index (χ2v) is 6.56. The number of rotatable bonds is 7. The third-order valence-corrected chi connectivity index (χ3v) is 4.39. The van der Waals surface area contributed by atoms with Gasteiger partial charge >= 0.3 is 0 Å². The summed E-state index contributed by atoms with van der Waals surface area (Å²) in [6, 6.07) is 19.3. The second kappa shape index (κ2) is 9.14. The summed E-state index contributed by atoms with van der Waals surface area (Å²) in [5, 5.41) is 6.72. The molecule has 1 amide bonds. The van der Waals surface area contributed by atoms with Crippen LogP contribution in [0.1, 0.15) is 27.3 Å². The Balaban J connectivity index is 1.60. The van der Waals surface area contributed by atoms with E-state index >= 15 is 0 Å². The highest BCUT2D eigenvalue weighted by atomic mass is 35.5. The zero-order valence-electron chi connectivity index (χ0n) is 15.1. The van der Waals surface area contributed by atoms with Gasteiger partial charge in [0.1, 0.15) is 5.69 Å². The molecule has 0 unspecified atom stereocenters. The van der Waals surface area contributed by atoms with Crippen molar-refractivity contribution in [2.24, 2.45) is 0 Å². The number of hydrogen-bond donors (Lipinski definition) is 2. The van der Waals surface area contributed by atoms with E-state index in [2.05, 4.69) is 20.6 Å². The maximum Gasteiger partial charge on any atom is 0.270 e. The first-order valence-electron chi connectivity index (χ1n) is 8.77. The number of halogens is 1. The van der Waals surface area contributed by atoms with Crippen molar-refractivity contribution in [2.75, 3.05) is 11.9 Å². The van der Waals surface area contributed by atoms with E-state index in [4.69, 9.17) is 11.6 Å². The Kier molecular flexibility index (Phi) is 6.39. The smallest absolute Gasteiger partial charge is 0.270 e. The number of benzene rings is 2. The maximum absolute atomic E-state index is 12.4. The number of carbonyl (C=O) groups is 1. The third kappa shape index (κ3) is 5.53. The molecular weight excluding hydrogens is 360 g/mol. The average molecular weight is 381 g/mol. The zero-order valence-corrected chi connectivity index (χ0v) is 15.8. The number of hydrogen-bond acceptors (Lipinski definition) is 4. The van der Waals surface area contributed by atoms with Gasteiger partial charge in [-0.25, -0.2) is 9.97 Å². The van der Waals surface area contributed by atoms with E-state index in [0.29, 0.717) is 29.8 Å². The number of amides is 1. The van der Waals surface area contributed by atoms with Crippen molar-refractivity contribution in [3.8, 4) is 0 Å². The van der Waals surface area contributed by atoms with Crippen molar-refractivity contribution in [2.45, 2.75) is 19.9 Å². The van der Waals surface area contributed by atoms with Crippen molar-refractivity contribution in [3.63, 3.8) is 0 Å². The Labute approximate surface area is 163 Å². The van der Waals surface area contributed by atoms with Crippen LogP contribution in [0, 0.1) is 6.92 Å². The van der Waals surface area contributed by atoms with Crippen molar-refractivity contribution in [1.82, 2.24) is 15.3 Å². The van der Waals surface area contributed by atoms with Crippen molar-refractivity contribution < 1.29 is 4.79 Å². The first-order valence-corrected chi connectivity index (χ1v) is 9.15. The van der Waals surface area contributed by atoms with Gasteiger partial charge in [0.15, 0.2) is 0 Å². The highest BCUT2D eigenvalue weighted by Crippen LogP contribution is 2.16. The molecule has 0 bridgehead atoms. The van der Waals surface area contributed by atoms with E-state index in [1.54, 1.807) is 6.07 Å². The Morgan fingerprint density at radius 3 is 2.56 bits per heavy atom. The number of aromatic nitrogens is 2. The van der Waals surface area contributed by atoms with E-state index in [9.17, 15) is 4.79 Å². The summed E-state index contributed by atoms with van der Waals surface area (Å²) in [4.78, 5) is 21.1. The van der Waals surface area contributed by atoms with Crippen molar-refractivity contribution in [3.05, 3.63) is 88.2 Å². The van der Waals surface area contributed by atoms with Crippen LogP contribution in [0.25, 0.3) is 0 Å². The first kappa shape index (κ1) is 18.9. The fourth-order valence-electron chi connectivity index (χ4n) is 2.64. The number of nitrogens with zero attached hydrogens (tertiary/aromatic N) is 2. The average Bonchev–Trinajstić information content (AvgIpc) is 2.68. The van der Waals surface area contributed by atoms with Gasteiger partial charge in [0, 0.05) is 23.8 Å². The minimum absolute atomic E-state index is 0.211. The number of carbonyl (C=O) groups excluding carboxylic acids is 1. The van der Waals surface area contributed by atoms with Gasteiger partial charge in [-0.05, 0) is 36.6 Å². The van der Waals surface area contributed by atoms with Crippen LogP contribution < -0.4 is 10.6 Å². The highest BCUT2D eigenvalue weighted by molar-refractivity contribution is 6.31. The minimum Gasteiger partial charge on any atom is -0.350 e. The van der Waals surface area contributed by atoms with Crippen molar-refractivity contribution >= 4 is 23.5 Å². The lowest BCUT2D eigenvalue weighted by Gasteiger charge is -2.10. The molecule has 0 fully saturated rings. The Hall–Kier alpha value is -2.92. The van der Waals surface area contributed by atoms with Crippen LogP contribution in [0.5, 0.6) is 0 Å². The van der Waals surface area contributed by atoms with E-state index in [-0.39, 0.29) is 5.91 Å². The van der Waals surface area contributed by atoms with E-state index in [1.807, 2.05) is 61.5 Å². The summed E-state index contributed by atoms with van der Waals surface area (Å²) in [7, 11) is 0. The molecule has 27 heavy (non-hydrogen) atoms. The number of nitrogens with one attached hydrogen (secondary N) is 2. The van der Waals surface area contributed by atoms with Gasteiger partial charge in [-0.2, -0.15) is 0 Å². The van der Waals surface area contributed by atoms with Crippen LogP contribution in [0.15, 0.2) is 60.7 Å². The fourth-order valence-corrected chi connectivity index (χ4v) is 2.84. The molecule has 0 spiro atoms. The van der Waals surface area contributed by atoms with Gasteiger partial charge in [0.05, 0.1) is 0 Å². The zero-order chi connectivity index (χ0) is 19.1. The molecule has 0 aliphatic rings. The van der Waals surface area contributed by atoms with Crippen LogP contribution >= 0.6 is 11.6 Å². The predicted molar refractivity (Wildman–Crippen MR) is 108 cm³/mol. The molecule has 0 aliphatic carbocycles. The molecule has 3 aromatic rings. The molecule has 1 aromatic heterocycles. The lowest BCUT2D eigenvalue weighted by molar-refractivity contribution is 0.0949. The molecule has 0 saturated carbocycles. The fraction of sp³-hybridized carbons (Fsp3) is 0.190. The van der Waals surface area contributed by atoms with Crippen LogP contribution in [-0.4, -0.2) is 22.4 Å². The summed E-state index contributed by atoms with van der Waals surface area (Å²) in [5.41, 5.74) is 3.19. The summed E-state index contributed by atoms with van der Waals surface area (Å²) in [6.45, 7) is 2.87. The van der Waals surface area contributed by atoms with Crippen LogP contribution in [0.3, 0.4) is 0 Å². The molecule has 3 rings (SSSR count). The van der Waals surface area contributed by atoms with Gasteiger partial charge in [-0.1, -0.05) is 60.1 Å². The topological polar surface area (TPSA) is 66.9 Å². The quantitative estimate of drug-likeness (QED) is 0.649. The lowest BCUT2D eigenvalue weighted by Crippen LogP contribution is -2.27. The third-order valence-electron chi connectivity index (χ3n) is 4.02. The number of aryl methyl sites for hydroxylation is 1. The predicted octanol–water partition coefficient (Wildman–Crippen LogP) is 4.02. The summed E-state index contributed by atoms with van der Waals surface area (Å²) >= 11 is 6.17. The normalized spacial score (nSPS) is 10.4. The molecule has 0 saturated heterocycles. The second-order valence-electron chi connectivity index (χ2n) is 6.15. The standard InChI is InChI=1S/C21H21ClN4O/c1-15-13-19(20(27)23-12-11-16-7-3-2-4-8-16)26-21(25-15)24-14-17-9-5-6-10-18(17)22/h2-10,13H,11-12,14H2,1H3,(H,23,27)(H,24,25,26). The van der Waals surface area contributed by atoms with E-state index < -0.39 is 0 Å². The van der Waals surface area contributed by atoms with E-state index in [1.165, 1.54) is 5.56 Å². The molecule has 2 aromatic carbocycles. The molecule has 2 N–H and O–H groups in total. The molecule has 0 aliphatic heterocycles. The van der Waals surface area contributed by atoms with Crippen LogP contribution in [0.4, 0.5) is 5.95 Å². The summed E-state index contributed by atoms with van der Waals surface area (Å²) in [5.74, 6) is 0.195. The van der Waals surface area contributed by atoms with E-state index in [0.717, 1.165) is 17.7 Å². The Bertz CT molecular complexity index is 915. The number of anilines is 1. The van der Waals surface area contributed by atoms with Crippen LogP contribution in [-0.2, 0) is 13.0 Å². The maximum atomic E-state index is 12.4. The molecule has 6 heteroatoms. The minimum atomic E-state index is -0.211. The lowest BCUT2D eigenvalue weighted by atomic mass is 10.1. The van der Waals surface area contributed by atoms with Gasteiger partial charge in [0.25, 0.3) is 5.91 Å². The first-order chi connectivity index (χ1) is 13.1. The highest BCUT2D eigenvalue weighted by Gasteiger charge is 2.10. The molecule has 0 radical (unpaired) electrons. The molecule has 138 valence electrons. The largest absolute Gasteiger partial charge is 0.350 e. The Morgan fingerprint density at radius 1 is 1.04 bits per heavy atom. The molecular formula is C21H21ClN4O. The SMILES string of the molecule is Cc1cc(C(=O)NCCc2ccccc2)nc(NCc2ccccc2Cl)n1. The van der Waals surface area contributed by atoms with Gasteiger partial charge in [-0.15, -0.1) is 0 Å². The van der Waals surface area contributed by atoms with Gasteiger partial charge < -0.3 is 10.6 Å². The molecule has 1 heterocycles. The molecule has 0 atom stereocenters. The van der Waals surface area contributed by atoms with Gasteiger partial charge in [-0.3, -0.25) is 4.79 Å². The van der Waals surface area contributed by atoms with Gasteiger partial charge in [0.2, 0.25) is 5.95 Å². The summed E-state index contributed by atoms with van der Waals surface area (Å²) in [6.07, 6.45) is 0.772. The monoisotopic (exact) mass is 380 g/mol. The van der Waals surface area contributed by atoms with Crippen molar-refractivity contribution in [1.29, 1.82) is 0 Å². The van der Waals surface area contributed by atoms with Crippen LogP contribution in [0.2, 0.25) is 5.02 Å². The summed E-state index contributed by atoms with van der Waals surface area (Å²) < 4.78 is 0. The Morgan fingerprint density at radius 2 is 1.78 bits per heavy atom.